The zero-order valence-corrected chi connectivity index (χ0v) is 17.0. The van der Waals surface area contributed by atoms with E-state index >= 15 is 0 Å². The molecule has 5 nitrogen and oxygen atoms in total. The number of methoxy groups -OCH3 is 2. The van der Waals surface area contributed by atoms with E-state index in [1.54, 1.807) is 31.4 Å². The second kappa shape index (κ2) is 8.25. The highest BCUT2D eigenvalue weighted by Gasteiger charge is 2.08. The summed E-state index contributed by atoms with van der Waals surface area (Å²) < 4.78 is 16.2. The lowest BCUT2D eigenvalue weighted by atomic mass is 10.1. The predicted molar refractivity (Wildman–Crippen MR) is 116 cm³/mol. The average Bonchev–Trinajstić information content (AvgIpc) is 2.79. The molecule has 4 aromatic rings. The lowest BCUT2D eigenvalue weighted by Crippen LogP contribution is -2.04. The van der Waals surface area contributed by atoms with E-state index in [1.807, 2.05) is 49.4 Å². The van der Waals surface area contributed by atoms with Gasteiger partial charge in [-0.05, 0) is 67.6 Å². The van der Waals surface area contributed by atoms with Gasteiger partial charge in [-0.1, -0.05) is 11.6 Å². The molecule has 0 aliphatic heterocycles. The first kappa shape index (κ1) is 19.5. The van der Waals surface area contributed by atoms with E-state index < -0.39 is 0 Å². The quantitative estimate of drug-likeness (QED) is 0.429. The van der Waals surface area contributed by atoms with Gasteiger partial charge in [-0.2, -0.15) is 0 Å². The Balaban J connectivity index is 1.87. The molecule has 3 aromatic carbocycles. The van der Waals surface area contributed by atoms with E-state index in [0.717, 1.165) is 38.9 Å². The van der Waals surface area contributed by atoms with Crippen molar-refractivity contribution in [2.45, 2.75) is 6.92 Å². The zero-order chi connectivity index (χ0) is 21.1. The van der Waals surface area contributed by atoms with Gasteiger partial charge < -0.3 is 13.9 Å². The van der Waals surface area contributed by atoms with Crippen LogP contribution in [0.15, 0.2) is 82.2 Å². The molecule has 0 aliphatic rings. The molecule has 5 heteroatoms. The highest BCUT2D eigenvalue weighted by atomic mass is 16.5. The first-order valence-electron chi connectivity index (χ1n) is 9.49. The van der Waals surface area contributed by atoms with Crippen LogP contribution in [-0.4, -0.2) is 20.2 Å². The van der Waals surface area contributed by atoms with Crippen LogP contribution in [-0.2, 0) is 4.74 Å². The van der Waals surface area contributed by atoms with Crippen LogP contribution in [0, 0.1) is 6.92 Å². The number of hydrogen-bond donors (Lipinski definition) is 0. The van der Waals surface area contributed by atoms with Crippen LogP contribution in [0.1, 0.15) is 15.9 Å². The maximum atomic E-state index is 11.7. The summed E-state index contributed by atoms with van der Waals surface area (Å²) in [5.74, 6) is 1.12. The summed E-state index contributed by atoms with van der Waals surface area (Å²) in [6, 6.07) is 22.6. The number of benzene rings is 3. The van der Waals surface area contributed by atoms with Crippen molar-refractivity contribution in [3.63, 3.8) is 0 Å². The van der Waals surface area contributed by atoms with Crippen LogP contribution in [0.4, 0.5) is 5.69 Å². The molecule has 0 unspecified atom stereocenters. The summed E-state index contributed by atoms with van der Waals surface area (Å²) in [5.41, 5.74) is 4.01. The van der Waals surface area contributed by atoms with Gasteiger partial charge in [-0.3, -0.25) is 0 Å². The molecule has 150 valence electrons. The topological polar surface area (TPSA) is 61.0 Å². The Bertz CT molecular complexity index is 1270. The molecule has 0 bridgehead atoms. The minimum Gasteiger partial charge on any atom is -0.497 e. The molecule has 4 rings (SSSR count). The maximum absolute atomic E-state index is 11.7. The van der Waals surface area contributed by atoms with Crippen molar-refractivity contribution in [2.75, 3.05) is 14.2 Å². The fourth-order valence-electron chi connectivity index (χ4n) is 3.20. The average molecular weight is 399 g/mol. The van der Waals surface area contributed by atoms with E-state index in [4.69, 9.17) is 18.9 Å². The number of hydrogen-bond acceptors (Lipinski definition) is 5. The number of esters is 1. The molecule has 0 saturated heterocycles. The molecule has 1 aromatic heterocycles. The Labute approximate surface area is 174 Å². The predicted octanol–water partition coefficient (Wildman–Crippen LogP) is 5.44. The highest BCUT2D eigenvalue weighted by Crippen LogP contribution is 2.25. The van der Waals surface area contributed by atoms with Gasteiger partial charge in [0.1, 0.15) is 17.1 Å². The Hall–Kier alpha value is -3.86. The number of carbonyl (C=O) groups is 1. The van der Waals surface area contributed by atoms with Crippen LogP contribution in [0.5, 0.6) is 5.75 Å². The van der Waals surface area contributed by atoms with E-state index in [0.29, 0.717) is 11.3 Å². The summed E-state index contributed by atoms with van der Waals surface area (Å²) in [6.45, 7) is 2.03. The monoisotopic (exact) mass is 399 g/mol. The van der Waals surface area contributed by atoms with Crippen LogP contribution < -0.4 is 10.1 Å². The van der Waals surface area contributed by atoms with Gasteiger partial charge in [0, 0.05) is 17.0 Å². The molecule has 0 saturated carbocycles. The van der Waals surface area contributed by atoms with Crippen LogP contribution >= 0.6 is 0 Å². The Morgan fingerprint density at radius 1 is 0.900 bits per heavy atom. The van der Waals surface area contributed by atoms with Gasteiger partial charge in [0.15, 0.2) is 0 Å². The first-order chi connectivity index (χ1) is 14.6. The van der Waals surface area contributed by atoms with Gasteiger partial charge in [0.2, 0.25) is 0 Å². The van der Waals surface area contributed by atoms with Crippen molar-refractivity contribution in [2.24, 2.45) is 4.99 Å². The summed E-state index contributed by atoms with van der Waals surface area (Å²) in [5, 5.41) is 1.71. The Morgan fingerprint density at radius 3 is 2.30 bits per heavy atom. The third-order valence-corrected chi connectivity index (χ3v) is 4.81. The van der Waals surface area contributed by atoms with E-state index in [1.165, 1.54) is 7.11 Å². The SMILES string of the molecule is COC(=O)c1ccc(N=c2cc(-c3ccc(OC)cc3)oc3ccc(C)cc23)cc1. The molecule has 0 spiro atoms. The van der Waals surface area contributed by atoms with E-state index in [-0.39, 0.29) is 5.97 Å². The molecule has 0 radical (unpaired) electrons. The van der Waals surface area contributed by atoms with Crippen molar-refractivity contribution < 1.29 is 18.7 Å². The van der Waals surface area contributed by atoms with Gasteiger partial charge in [-0.25, -0.2) is 9.79 Å². The molecule has 0 fully saturated rings. The largest absolute Gasteiger partial charge is 0.497 e. The Kier molecular flexibility index (Phi) is 5.35. The number of carbonyl (C=O) groups excluding carboxylic acids is 1. The van der Waals surface area contributed by atoms with E-state index in [2.05, 4.69) is 6.07 Å². The van der Waals surface area contributed by atoms with E-state index in [9.17, 15) is 4.79 Å². The summed E-state index contributed by atoms with van der Waals surface area (Å²) in [6.07, 6.45) is 0. The summed E-state index contributed by atoms with van der Waals surface area (Å²) in [4.78, 5) is 16.5. The molecule has 1 heterocycles. The normalized spacial score (nSPS) is 11.5. The van der Waals surface area contributed by atoms with Crippen molar-refractivity contribution in [3.05, 3.63) is 89.3 Å². The van der Waals surface area contributed by atoms with Crippen molar-refractivity contribution in [1.29, 1.82) is 0 Å². The lowest BCUT2D eigenvalue weighted by molar-refractivity contribution is 0.0601. The van der Waals surface area contributed by atoms with Gasteiger partial charge >= 0.3 is 5.97 Å². The number of nitrogens with zero attached hydrogens (tertiary/aromatic N) is 1. The molecule has 0 N–H and O–H groups in total. The van der Waals surface area contributed by atoms with Crippen molar-refractivity contribution >= 4 is 22.6 Å². The van der Waals surface area contributed by atoms with Crippen LogP contribution in [0.2, 0.25) is 0 Å². The summed E-state index contributed by atoms with van der Waals surface area (Å²) >= 11 is 0. The second-order valence-corrected chi connectivity index (χ2v) is 6.87. The molecular formula is C25H21NO4. The molecular weight excluding hydrogens is 378 g/mol. The Morgan fingerprint density at radius 2 is 1.63 bits per heavy atom. The standard InChI is InChI=1S/C25H21NO4/c1-16-4-13-23-21(14-16)22(26-19-9-5-18(6-10-19)25(27)29-3)15-24(30-23)17-7-11-20(28-2)12-8-17/h4-15H,1-3H3. The van der Waals surface area contributed by atoms with Crippen molar-refractivity contribution in [3.8, 4) is 17.1 Å². The third kappa shape index (κ3) is 3.96. The molecule has 0 atom stereocenters. The fourth-order valence-corrected chi connectivity index (χ4v) is 3.20. The minimum absolute atomic E-state index is 0.372. The third-order valence-electron chi connectivity index (χ3n) is 4.81. The second-order valence-electron chi connectivity index (χ2n) is 6.87. The van der Waals surface area contributed by atoms with Crippen LogP contribution in [0.25, 0.3) is 22.3 Å². The number of rotatable bonds is 4. The summed E-state index contributed by atoms with van der Waals surface area (Å²) in [7, 11) is 3.00. The van der Waals surface area contributed by atoms with Crippen LogP contribution in [0.3, 0.4) is 0 Å². The lowest BCUT2D eigenvalue weighted by Gasteiger charge is -2.07. The molecule has 30 heavy (non-hydrogen) atoms. The minimum atomic E-state index is -0.372. The highest BCUT2D eigenvalue weighted by molar-refractivity contribution is 5.89. The first-order valence-corrected chi connectivity index (χ1v) is 9.49. The van der Waals surface area contributed by atoms with Gasteiger partial charge in [-0.15, -0.1) is 0 Å². The smallest absolute Gasteiger partial charge is 0.337 e. The number of aryl methyl sites for hydroxylation is 1. The fraction of sp³-hybridized carbons (Fsp3) is 0.120. The maximum Gasteiger partial charge on any atom is 0.337 e. The van der Waals surface area contributed by atoms with Crippen molar-refractivity contribution in [1.82, 2.24) is 0 Å². The van der Waals surface area contributed by atoms with Gasteiger partial charge in [0.05, 0.1) is 30.8 Å². The number of fused-ring (bicyclic) bond motifs is 1. The zero-order valence-electron chi connectivity index (χ0n) is 17.0. The molecule has 0 aliphatic carbocycles. The number of ether oxygens (including phenoxy) is 2. The van der Waals surface area contributed by atoms with Gasteiger partial charge in [0.25, 0.3) is 0 Å². The molecule has 0 amide bonds.